The molecule has 2 heterocycles. The highest BCUT2D eigenvalue weighted by atomic mass is 79.9. The van der Waals surface area contributed by atoms with Crippen molar-refractivity contribution in [3.8, 4) is 15.8 Å². The summed E-state index contributed by atoms with van der Waals surface area (Å²) in [7, 11) is 0. The normalized spacial score (nSPS) is 9.85. The van der Waals surface area contributed by atoms with Crippen molar-refractivity contribution in [1.82, 2.24) is 0 Å². The van der Waals surface area contributed by atoms with Crippen LogP contribution in [0.25, 0.3) is 9.75 Å². The van der Waals surface area contributed by atoms with Crippen molar-refractivity contribution in [1.29, 1.82) is 5.26 Å². The predicted molar refractivity (Wildman–Crippen MR) is 60.0 cm³/mol. The Morgan fingerprint density at radius 1 is 1.38 bits per heavy atom. The van der Waals surface area contributed by atoms with E-state index >= 15 is 0 Å². The molecule has 2 aromatic heterocycles. The van der Waals surface area contributed by atoms with E-state index in [1.165, 1.54) is 16.2 Å². The van der Waals surface area contributed by atoms with Crippen LogP contribution < -0.4 is 0 Å². The van der Waals surface area contributed by atoms with E-state index in [9.17, 15) is 0 Å². The van der Waals surface area contributed by atoms with Crippen LogP contribution in [0.15, 0.2) is 28.1 Å². The summed E-state index contributed by atoms with van der Waals surface area (Å²) in [6.07, 6.45) is 0. The lowest BCUT2D eigenvalue weighted by Gasteiger charge is -1.85. The van der Waals surface area contributed by atoms with E-state index in [1.54, 1.807) is 11.3 Å². The first-order valence-electron chi connectivity index (χ1n) is 3.54. The van der Waals surface area contributed by atoms with Gasteiger partial charge in [0.15, 0.2) is 0 Å². The number of nitriles is 1. The smallest absolute Gasteiger partial charge is 0.119 e. The average molecular weight is 270 g/mol. The monoisotopic (exact) mass is 269 g/mol. The summed E-state index contributed by atoms with van der Waals surface area (Å²) in [5.41, 5.74) is 0. The first-order valence-corrected chi connectivity index (χ1v) is 6.03. The van der Waals surface area contributed by atoms with Gasteiger partial charge in [0.1, 0.15) is 10.9 Å². The van der Waals surface area contributed by atoms with Gasteiger partial charge < -0.3 is 0 Å². The summed E-state index contributed by atoms with van der Waals surface area (Å²) in [6.45, 7) is 0. The van der Waals surface area contributed by atoms with Crippen molar-refractivity contribution in [3.63, 3.8) is 0 Å². The van der Waals surface area contributed by atoms with Crippen molar-refractivity contribution in [2.45, 2.75) is 0 Å². The van der Waals surface area contributed by atoms with Crippen LogP contribution in [0, 0.1) is 11.3 Å². The Kier molecular flexibility index (Phi) is 2.49. The number of thiophene rings is 2. The van der Waals surface area contributed by atoms with Crippen LogP contribution in [-0.2, 0) is 0 Å². The molecule has 0 amide bonds. The van der Waals surface area contributed by atoms with E-state index in [2.05, 4.69) is 28.1 Å². The van der Waals surface area contributed by atoms with Gasteiger partial charge in [-0.15, -0.1) is 22.7 Å². The van der Waals surface area contributed by atoms with E-state index in [1.807, 2.05) is 17.5 Å². The molecule has 0 radical (unpaired) electrons. The van der Waals surface area contributed by atoms with E-state index in [-0.39, 0.29) is 0 Å². The summed E-state index contributed by atoms with van der Waals surface area (Å²) in [5, 5.41) is 10.8. The first kappa shape index (κ1) is 8.95. The van der Waals surface area contributed by atoms with E-state index in [0.29, 0.717) is 0 Å². The van der Waals surface area contributed by atoms with Crippen molar-refractivity contribution >= 4 is 38.6 Å². The highest BCUT2D eigenvalue weighted by molar-refractivity contribution is 9.10. The summed E-state index contributed by atoms with van der Waals surface area (Å²) in [4.78, 5) is 3.11. The second kappa shape index (κ2) is 3.62. The molecule has 13 heavy (non-hydrogen) atoms. The van der Waals surface area contributed by atoms with Gasteiger partial charge in [0.25, 0.3) is 0 Å². The van der Waals surface area contributed by atoms with Crippen molar-refractivity contribution in [2.24, 2.45) is 0 Å². The van der Waals surface area contributed by atoms with Crippen LogP contribution >= 0.6 is 38.6 Å². The molecule has 0 aromatic carbocycles. The molecular formula is C9H4BrNS2. The lowest BCUT2D eigenvalue weighted by Crippen LogP contribution is -1.58. The number of nitrogens with zero attached hydrogens (tertiary/aromatic N) is 1. The Morgan fingerprint density at radius 2 is 2.23 bits per heavy atom. The topological polar surface area (TPSA) is 23.8 Å². The van der Waals surface area contributed by atoms with Crippen LogP contribution in [0.2, 0.25) is 0 Å². The minimum atomic E-state index is 0.739. The molecule has 0 saturated carbocycles. The first-order chi connectivity index (χ1) is 6.31. The molecule has 0 aliphatic carbocycles. The van der Waals surface area contributed by atoms with Crippen molar-refractivity contribution in [3.05, 3.63) is 32.9 Å². The number of hydrogen-bond acceptors (Lipinski definition) is 3. The maximum absolute atomic E-state index is 8.76. The largest absolute Gasteiger partial charge is 0.191 e. The van der Waals surface area contributed by atoms with Gasteiger partial charge in [0.05, 0.1) is 0 Å². The molecule has 0 aliphatic rings. The van der Waals surface area contributed by atoms with Gasteiger partial charge in [0.2, 0.25) is 0 Å². The number of halogens is 1. The molecule has 2 rings (SSSR count). The Hall–Kier alpha value is -0.630. The molecule has 0 N–H and O–H groups in total. The zero-order valence-corrected chi connectivity index (χ0v) is 9.67. The Bertz CT molecular complexity index is 450. The van der Waals surface area contributed by atoms with Crippen LogP contribution in [0.5, 0.6) is 0 Å². The standard InChI is InChI=1S/C9H4BrNS2/c10-6-4-8(13-9(6)5-11)7-2-1-3-12-7/h1-4H. The van der Waals surface area contributed by atoms with Gasteiger partial charge in [-0.3, -0.25) is 0 Å². The van der Waals surface area contributed by atoms with Gasteiger partial charge >= 0.3 is 0 Å². The average Bonchev–Trinajstić information content (AvgIpc) is 2.71. The zero-order chi connectivity index (χ0) is 9.26. The third-order valence-electron chi connectivity index (χ3n) is 1.55. The highest BCUT2D eigenvalue weighted by Crippen LogP contribution is 2.36. The molecule has 0 aliphatic heterocycles. The maximum atomic E-state index is 8.76. The molecule has 1 nitrogen and oxygen atoms in total. The minimum absolute atomic E-state index is 0.739. The fraction of sp³-hybridized carbons (Fsp3) is 0. The summed E-state index contributed by atoms with van der Waals surface area (Å²) >= 11 is 6.56. The Labute approximate surface area is 92.4 Å². The maximum Gasteiger partial charge on any atom is 0.119 e. The molecular weight excluding hydrogens is 266 g/mol. The summed E-state index contributed by atoms with van der Waals surface area (Å²) in [5.74, 6) is 0. The molecule has 64 valence electrons. The third kappa shape index (κ3) is 1.68. The van der Waals surface area contributed by atoms with E-state index in [0.717, 1.165) is 14.2 Å². The van der Waals surface area contributed by atoms with Gasteiger partial charge in [-0.2, -0.15) is 5.26 Å². The Morgan fingerprint density at radius 3 is 2.77 bits per heavy atom. The van der Waals surface area contributed by atoms with E-state index in [4.69, 9.17) is 5.26 Å². The molecule has 0 unspecified atom stereocenters. The highest BCUT2D eigenvalue weighted by Gasteiger charge is 2.07. The molecule has 0 saturated heterocycles. The number of rotatable bonds is 1. The summed E-state index contributed by atoms with van der Waals surface area (Å²) in [6, 6.07) is 8.22. The van der Waals surface area contributed by atoms with E-state index < -0.39 is 0 Å². The molecule has 0 bridgehead atoms. The molecule has 4 heteroatoms. The molecule has 0 fully saturated rings. The van der Waals surface area contributed by atoms with Crippen molar-refractivity contribution in [2.75, 3.05) is 0 Å². The van der Waals surface area contributed by atoms with Gasteiger partial charge in [0, 0.05) is 14.2 Å². The molecule has 0 spiro atoms. The van der Waals surface area contributed by atoms with Gasteiger partial charge in [-0.05, 0) is 33.4 Å². The lowest BCUT2D eigenvalue weighted by molar-refractivity contribution is 1.52. The predicted octanol–water partition coefficient (Wildman–Crippen LogP) is 4.11. The quantitative estimate of drug-likeness (QED) is 0.765. The SMILES string of the molecule is N#Cc1sc(-c2cccs2)cc1Br. The minimum Gasteiger partial charge on any atom is -0.191 e. The van der Waals surface area contributed by atoms with Crippen LogP contribution in [-0.4, -0.2) is 0 Å². The summed E-state index contributed by atoms with van der Waals surface area (Å²) < 4.78 is 0.892. The second-order valence-electron chi connectivity index (χ2n) is 2.38. The van der Waals surface area contributed by atoms with Gasteiger partial charge in [-0.25, -0.2) is 0 Å². The van der Waals surface area contributed by atoms with Crippen LogP contribution in [0.1, 0.15) is 4.88 Å². The van der Waals surface area contributed by atoms with Crippen molar-refractivity contribution < 1.29 is 0 Å². The fourth-order valence-corrected chi connectivity index (χ4v) is 3.37. The second-order valence-corrected chi connectivity index (χ2v) is 5.23. The lowest BCUT2D eigenvalue weighted by atomic mass is 10.4. The fourth-order valence-electron chi connectivity index (χ4n) is 0.985. The zero-order valence-electron chi connectivity index (χ0n) is 6.45. The van der Waals surface area contributed by atoms with Gasteiger partial charge in [-0.1, -0.05) is 6.07 Å². The molecule has 0 atom stereocenters. The van der Waals surface area contributed by atoms with Crippen LogP contribution in [0.4, 0.5) is 0 Å². The Balaban J connectivity index is 2.50. The number of hydrogen-bond donors (Lipinski definition) is 0. The van der Waals surface area contributed by atoms with Crippen LogP contribution in [0.3, 0.4) is 0 Å². The molecule has 2 aromatic rings. The third-order valence-corrected chi connectivity index (χ3v) is 4.55.